The standard InChI is InChI=1S/C14H17FN2O2/c1-16-6-7-17-13(18)8-11(9-14(17)19)10-2-4-12(15)5-3-10/h2-5,11,16H,6-9H2,1H3. The van der Waals surface area contributed by atoms with E-state index in [9.17, 15) is 14.0 Å². The number of halogens is 1. The molecule has 1 heterocycles. The Bertz CT molecular complexity index is 455. The predicted molar refractivity (Wildman–Crippen MR) is 69.0 cm³/mol. The van der Waals surface area contributed by atoms with E-state index in [2.05, 4.69) is 5.32 Å². The summed E-state index contributed by atoms with van der Waals surface area (Å²) in [6.07, 6.45) is 0.613. The van der Waals surface area contributed by atoms with E-state index in [-0.39, 0.29) is 23.5 Å². The van der Waals surface area contributed by atoms with Gasteiger partial charge in [0.2, 0.25) is 11.8 Å². The Hall–Kier alpha value is -1.75. The van der Waals surface area contributed by atoms with Gasteiger partial charge in [0.1, 0.15) is 5.82 Å². The monoisotopic (exact) mass is 264 g/mol. The van der Waals surface area contributed by atoms with Crippen molar-refractivity contribution in [2.75, 3.05) is 20.1 Å². The average Bonchev–Trinajstić information content (AvgIpc) is 2.38. The molecule has 0 unspecified atom stereocenters. The van der Waals surface area contributed by atoms with E-state index in [4.69, 9.17) is 0 Å². The van der Waals surface area contributed by atoms with E-state index in [1.807, 2.05) is 0 Å². The van der Waals surface area contributed by atoms with Crippen LogP contribution in [0.25, 0.3) is 0 Å². The van der Waals surface area contributed by atoms with E-state index in [1.165, 1.54) is 17.0 Å². The first-order chi connectivity index (χ1) is 9.11. The Morgan fingerprint density at radius 2 is 1.79 bits per heavy atom. The molecule has 1 fully saturated rings. The number of amides is 2. The van der Waals surface area contributed by atoms with Crippen LogP contribution in [-0.2, 0) is 9.59 Å². The number of nitrogens with one attached hydrogen (secondary N) is 1. The number of likely N-dealkylation sites (tertiary alicyclic amines) is 1. The van der Waals surface area contributed by atoms with E-state index >= 15 is 0 Å². The van der Waals surface area contributed by atoms with Crippen molar-refractivity contribution in [2.45, 2.75) is 18.8 Å². The number of likely N-dealkylation sites (N-methyl/N-ethyl adjacent to an activating group) is 1. The quantitative estimate of drug-likeness (QED) is 0.833. The molecule has 0 radical (unpaired) electrons. The van der Waals surface area contributed by atoms with Crippen LogP contribution in [0.2, 0.25) is 0 Å². The zero-order valence-electron chi connectivity index (χ0n) is 10.9. The molecule has 19 heavy (non-hydrogen) atoms. The van der Waals surface area contributed by atoms with E-state index < -0.39 is 0 Å². The summed E-state index contributed by atoms with van der Waals surface area (Å²) in [6.45, 7) is 1.00. The number of carbonyl (C=O) groups excluding carboxylic acids is 2. The molecule has 1 aliphatic heterocycles. The highest BCUT2D eigenvalue weighted by Gasteiger charge is 2.32. The van der Waals surface area contributed by atoms with Crippen LogP contribution in [0.3, 0.4) is 0 Å². The molecule has 0 atom stereocenters. The Balaban J connectivity index is 2.06. The molecule has 1 aliphatic rings. The van der Waals surface area contributed by atoms with Crippen molar-refractivity contribution in [2.24, 2.45) is 0 Å². The molecule has 4 nitrogen and oxygen atoms in total. The van der Waals surface area contributed by atoms with E-state index in [0.29, 0.717) is 25.9 Å². The lowest BCUT2D eigenvalue weighted by Crippen LogP contribution is -2.45. The fourth-order valence-corrected chi connectivity index (χ4v) is 2.30. The summed E-state index contributed by atoms with van der Waals surface area (Å²) < 4.78 is 12.9. The third-order valence-corrected chi connectivity index (χ3v) is 3.37. The maximum atomic E-state index is 12.9. The SMILES string of the molecule is CNCCN1C(=O)CC(c2ccc(F)cc2)CC1=O. The van der Waals surface area contributed by atoms with Crippen LogP contribution in [-0.4, -0.2) is 36.9 Å². The molecule has 2 amide bonds. The van der Waals surface area contributed by atoms with Gasteiger partial charge in [0.05, 0.1) is 0 Å². The Morgan fingerprint density at radius 3 is 2.32 bits per heavy atom. The highest BCUT2D eigenvalue weighted by molar-refractivity contribution is 5.98. The zero-order valence-corrected chi connectivity index (χ0v) is 10.9. The molecule has 1 aromatic carbocycles. The minimum absolute atomic E-state index is 0.133. The van der Waals surface area contributed by atoms with Gasteiger partial charge in [-0.15, -0.1) is 0 Å². The number of hydrogen-bond acceptors (Lipinski definition) is 3. The van der Waals surface area contributed by atoms with Crippen molar-refractivity contribution >= 4 is 11.8 Å². The van der Waals surface area contributed by atoms with Crippen molar-refractivity contribution in [1.29, 1.82) is 0 Å². The maximum Gasteiger partial charge on any atom is 0.229 e. The average molecular weight is 264 g/mol. The van der Waals surface area contributed by atoms with Crippen LogP contribution < -0.4 is 5.32 Å². The molecule has 1 N–H and O–H groups in total. The Morgan fingerprint density at radius 1 is 1.21 bits per heavy atom. The second kappa shape index (κ2) is 5.93. The van der Waals surface area contributed by atoms with Crippen LogP contribution in [0.1, 0.15) is 24.3 Å². The predicted octanol–water partition coefficient (Wildman–Crippen LogP) is 1.28. The molecule has 2 rings (SSSR count). The molecular formula is C14H17FN2O2. The Labute approximate surface area is 111 Å². The molecule has 0 aliphatic carbocycles. The van der Waals surface area contributed by atoms with E-state index in [1.54, 1.807) is 19.2 Å². The lowest BCUT2D eigenvalue weighted by atomic mass is 9.88. The van der Waals surface area contributed by atoms with Gasteiger partial charge in [-0.05, 0) is 24.7 Å². The molecule has 0 bridgehead atoms. The molecule has 5 heteroatoms. The molecule has 0 aromatic heterocycles. The molecular weight excluding hydrogens is 247 g/mol. The first kappa shape index (κ1) is 13.7. The number of nitrogens with zero attached hydrogens (tertiary/aromatic N) is 1. The lowest BCUT2D eigenvalue weighted by molar-refractivity contribution is -0.148. The van der Waals surface area contributed by atoms with Gasteiger partial charge in [-0.2, -0.15) is 0 Å². The minimum atomic E-state index is -0.312. The van der Waals surface area contributed by atoms with Crippen molar-refractivity contribution in [3.63, 3.8) is 0 Å². The summed E-state index contributed by atoms with van der Waals surface area (Å²) in [6, 6.07) is 6.00. The number of hydrogen-bond donors (Lipinski definition) is 1. The van der Waals surface area contributed by atoms with Gasteiger partial charge >= 0.3 is 0 Å². The molecule has 1 saturated heterocycles. The first-order valence-corrected chi connectivity index (χ1v) is 6.35. The normalized spacial score (nSPS) is 17.1. The highest BCUT2D eigenvalue weighted by Crippen LogP contribution is 2.29. The summed E-state index contributed by atoms with van der Waals surface area (Å²) in [5, 5.41) is 2.92. The van der Waals surface area contributed by atoms with Gasteiger partial charge in [-0.25, -0.2) is 4.39 Å². The summed E-state index contributed by atoms with van der Waals surface area (Å²) in [7, 11) is 1.78. The summed E-state index contributed by atoms with van der Waals surface area (Å²) in [4.78, 5) is 25.2. The largest absolute Gasteiger partial charge is 0.318 e. The lowest BCUT2D eigenvalue weighted by Gasteiger charge is -2.30. The highest BCUT2D eigenvalue weighted by atomic mass is 19.1. The second-order valence-electron chi connectivity index (χ2n) is 4.70. The second-order valence-corrected chi connectivity index (χ2v) is 4.70. The van der Waals surface area contributed by atoms with Gasteiger partial charge in [0.25, 0.3) is 0 Å². The minimum Gasteiger partial charge on any atom is -0.318 e. The summed E-state index contributed by atoms with van der Waals surface area (Å²) >= 11 is 0. The van der Waals surface area contributed by atoms with Crippen molar-refractivity contribution in [3.05, 3.63) is 35.6 Å². The van der Waals surface area contributed by atoms with E-state index in [0.717, 1.165) is 5.56 Å². The molecule has 0 saturated carbocycles. The van der Waals surface area contributed by atoms with Crippen molar-refractivity contribution in [3.8, 4) is 0 Å². The topological polar surface area (TPSA) is 49.4 Å². The summed E-state index contributed by atoms with van der Waals surface area (Å²) in [5.74, 6) is -0.749. The number of piperidine rings is 1. The summed E-state index contributed by atoms with van der Waals surface area (Å²) in [5.41, 5.74) is 0.844. The van der Waals surface area contributed by atoms with Crippen molar-refractivity contribution < 1.29 is 14.0 Å². The van der Waals surface area contributed by atoms with Crippen LogP contribution in [0, 0.1) is 5.82 Å². The third kappa shape index (κ3) is 3.17. The zero-order chi connectivity index (χ0) is 13.8. The molecule has 1 aromatic rings. The smallest absolute Gasteiger partial charge is 0.229 e. The number of rotatable bonds is 4. The third-order valence-electron chi connectivity index (χ3n) is 3.37. The fraction of sp³-hybridized carbons (Fsp3) is 0.429. The van der Waals surface area contributed by atoms with Gasteiger partial charge in [0, 0.05) is 31.8 Å². The molecule has 102 valence electrons. The van der Waals surface area contributed by atoms with Gasteiger partial charge in [-0.3, -0.25) is 14.5 Å². The Kier molecular flexibility index (Phi) is 4.27. The molecule has 0 spiro atoms. The van der Waals surface area contributed by atoms with Gasteiger partial charge in [-0.1, -0.05) is 12.1 Å². The van der Waals surface area contributed by atoms with Crippen LogP contribution in [0.15, 0.2) is 24.3 Å². The van der Waals surface area contributed by atoms with Crippen LogP contribution in [0.5, 0.6) is 0 Å². The first-order valence-electron chi connectivity index (χ1n) is 6.35. The number of imide groups is 1. The number of carbonyl (C=O) groups is 2. The fourth-order valence-electron chi connectivity index (χ4n) is 2.30. The van der Waals surface area contributed by atoms with Gasteiger partial charge < -0.3 is 5.32 Å². The number of benzene rings is 1. The maximum absolute atomic E-state index is 12.9. The van der Waals surface area contributed by atoms with Crippen LogP contribution in [0.4, 0.5) is 4.39 Å². The van der Waals surface area contributed by atoms with Crippen molar-refractivity contribution in [1.82, 2.24) is 10.2 Å². The van der Waals surface area contributed by atoms with Gasteiger partial charge in [0.15, 0.2) is 0 Å². The van der Waals surface area contributed by atoms with Crippen LogP contribution >= 0.6 is 0 Å².